The molecule has 0 heterocycles. The number of carbonyl (C=O) groups excluding carboxylic acids is 1. The second-order valence-corrected chi connectivity index (χ2v) is 5.05. The molecule has 1 saturated carbocycles. The van der Waals surface area contributed by atoms with Crippen molar-refractivity contribution in [3.8, 4) is 5.75 Å². The summed E-state index contributed by atoms with van der Waals surface area (Å²) in [5.74, 6) is 1.54. The van der Waals surface area contributed by atoms with Gasteiger partial charge in [0.2, 0.25) is 0 Å². The standard InChI is InChI=1S/C14H16O2/c15-10-5-6-12-11-4-2-1-3-9(11)7-14(16)13(12)8-10/h5-6,8-9,11,15H,1-4,7H2. The van der Waals surface area contributed by atoms with Crippen molar-refractivity contribution in [3.63, 3.8) is 0 Å². The minimum absolute atomic E-state index is 0.210. The van der Waals surface area contributed by atoms with E-state index in [1.807, 2.05) is 6.07 Å². The third-order valence-corrected chi connectivity index (χ3v) is 4.09. The summed E-state index contributed by atoms with van der Waals surface area (Å²) >= 11 is 0. The SMILES string of the molecule is O=C1CC2CCCCC2c2ccc(O)cc21. The minimum atomic E-state index is 0.210. The average Bonchev–Trinajstić information content (AvgIpc) is 2.29. The molecule has 84 valence electrons. The van der Waals surface area contributed by atoms with Crippen molar-refractivity contribution in [1.29, 1.82) is 0 Å². The van der Waals surface area contributed by atoms with E-state index in [1.165, 1.54) is 31.2 Å². The number of rotatable bonds is 0. The van der Waals surface area contributed by atoms with Crippen molar-refractivity contribution in [1.82, 2.24) is 0 Å². The lowest BCUT2D eigenvalue weighted by atomic mass is 9.68. The number of phenolic OH excluding ortho intramolecular Hbond substituents is 1. The summed E-state index contributed by atoms with van der Waals surface area (Å²) in [4.78, 5) is 12.0. The van der Waals surface area contributed by atoms with E-state index < -0.39 is 0 Å². The zero-order valence-corrected chi connectivity index (χ0v) is 9.28. The van der Waals surface area contributed by atoms with Crippen molar-refractivity contribution in [2.24, 2.45) is 5.92 Å². The van der Waals surface area contributed by atoms with Crippen molar-refractivity contribution in [3.05, 3.63) is 29.3 Å². The monoisotopic (exact) mass is 216 g/mol. The van der Waals surface area contributed by atoms with Gasteiger partial charge in [0.1, 0.15) is 5.75 Å². The van der Waals surface area contributed by atoms with Crippen molar-refractivity contribution < 1.29 is 9.90 Å². The second kappa shape index (κ2) is 3.62. The highest BCUT2D eigenvalue weighted by molar-refractivity contribution is 5.99. The van der Waals surface area contributed by atoms with Crippen LogP contribution in [-0.4, -0.2) is 10.9 Å². The first-order chi connectivity index (χ1) is 7.75. The molecular weight excluding hydrogens is 200 g/mol. The largest absolute Gasteiger partial charge is 0.508 e. The number of fused-ring (bicyclic) bond motifs is 3. The van der Waals surface area contributed by atoms with Crippen LogP contribution in [0.4, 0.5) is 0 Å². The van der Waals surface area contributed by atoms with Crippen LogP contribution in [0.3, 0.4) is 0 Å². The van der Waals surface area contributed by atoms with E-state index in [0.717, 1.165) is 5.56 Å². The average molecular weight is 216 g/mol. The fourth-order valence-corrected chi connectivity index (χ4v) is 3.32. The van der Waals surface area contributed by atoms with Gasteiger partial charge in [-0.15, -0.1) is 0 Å². The quantitative estimate of drug-likeness (QED) is 0.722. The van der Waals surface area contributed by atoms with Crippen LogP contribution in [0.5, 0.6) is 5.75 Å². The Morgan fingerprint density at radius 1 is 1.19 bits per heavy atom. The molecule has 2 aliphatic rings. The van der Waals surface area contributed by atoms with Crippen LogP contribution in [-0.2, 0) is 0 Å². The van der Waals surface area contributed by atoms with Gasteiger partial charge < -0.3 is 5.11 Å². The third kappa shape index (κ3) is 1.44. The van der Waals surface area contributed by atoms with E-state index in [-0.39, 0.29) is 11.5 Å². The Labute approximate surface area is 95.3 Å². The normalized spacial score (nSPS) is 28.4. The lowest BCUT2D eigenvalue weighted by Crippen LogP contribution is -2.27. The smallest absolute Gasteiger partial charge is 0.163 e. The van der Waals surface area contributed by atoms with E-state index in [4.69, 9.17) is 0 Å². The van der Waals surface area contributed by atoms with Crippen LogP contribution in [0.25, 0.3) is 0 Å². The molecule has 1 N–H and O–H groups in total. The first kappa shape index (κ1) is 9.88. The Morgan fingerprint density at radius 2 is 2.00 bits per heavy atom. The molecule has 0 amide bonds. The predicted octanol–water partition coefficient (Wildman–Crippen LogP) is 3.25. The van der Waals surface area contributed by atoms with Gasteiger partial charge in [0, 0.05) is 12.0 Å². The molecule has 3 rings (SSSR count). The molecule has 1 aromatic rings. The number of hydrogen-bond donors (Lipinski definition) is 1. The molecule has 1 fully saturated rings. The van der Waals surface area contributed by atoms with Gasteiger partial charge in [0.25, 0.3) is 0 Å². The number of ketones is 1. The second-order valence-electron chi connectivity index (χ2n) is 5.05. The van der Waals surface area contributed by atoms with Gasteiger partial charge in [0.05, 0.1) is 0 Å². The van der Waals surface area contributed by atoms with Gasteiger partial charge in [0.15, 0.2) is 5.78 Å². The summed E-state index contributed by atoms with van der Waals surface area (Å²) < 4.78 is 0. The summed E-state index contributed by atoms with van der Waals surface area (Å²) in [6, 6.07) is 5.30. The first-order valence-electron chi connectivity index (χ1n) is 6.12. The van der Waals surface area contributed by atoms with Crippen LogP contribution in [0.15, 0.2) is 18.2 Å². The molecule has 2 unspecified atom stereocenters. The fourth-order valence-electron chi connectivity index (χ4n) is 3.32. The van der Waals surface area contributed by atoms with Crippen molar-refractivity contribution in [2.75, 3.05) is 0 Å². The maximum Gasteiger partial charge on any atom is 0.163 e. The number of Topliss-reactive ketones (excluding diaryl/α,β-unsaturated/α-hetero) is 1. The summed E-state index contributed by atoms with van der Waals surface area (Å²) in [5.41, 5.74) is 1.95. The van der Waals surface area contributed by atoms with Crippen molar-refractivity contribution in [2.45, 2.75) is 38.0 Å². The fraction of sp³-hybridized carbons (Fsp3) is 0.500. The summed E-state index contributed by atoms with van der Waals surface area (Å²) in [7, 11) is 0. The Morgan fingerprint density at radius 3 is 2.88 bits per heavy atom. The van der Waals surface area contributed by atoms with Gasteiger partial charge >= 0.3 is 0 Å². The molecule has 0 spiro atoms. The van der Waals surface area contributed by atoms with Gasteiger partial charge in [-0.1, -0.05) is 18.9 Å². The van der Waals surface area contributed by atoms with Gasteiger partial charge in [-0.05, 0) is 42.4 Å². The topological polar surface area (TPSA) is 37.3 Å². The predicted molar refractivity (Wildman–Crippen MR) is 61.8 cm³/mol. The molecule has 2 nitrogen and oxygen atoms in total. The Kier molecular flexibility index (Phi) is 2.23. The molecule has 0 saturated heterocycles. The highest BCUT2D eigenvalue weighted by Gasteiger charge is 2.35. The molecule has 0 aliphatic heterocycles. The molecule has 1 aromatic carbocycles. The highest BCUT2D eigenvalue weighted by atomic mass is 16.3. The van der Waals surface area contributed by atoms with E-state index in [9.17, 15) is 9.90 Å². The Hall–Kier alpha value is -1.31. The number of phenols is 1. The molecule has 2 heteroatoms. The van der Waals surface area contributed by atoms with Crippen LogP contribution in [0, 0.1) is 5.92 Å². The molecule has 0 radical (unpaired) electrons. The maximum atomic E-state index is 12.0. The van der Waals surface area contributed by atoms with E-state index >= 15 is 0 Å². The van der Waals surface area contributed by atoms with Crippen LogP contribution in [0.1, 0.15) is 53.9 Å². The highest BCUT2D eigenvalue weighted by Crippen LogP contribution is 2.45. The number of carbonyl (C=O) groups is 1. The molecule has 16 heavy (non-hydrogen) atoms. The maximum absolute atomic E-state index is 12.0. The summed E-state index contributed by atoms with van der Waals surface area (Å²) in [6.45, 7) is 0. The van der Waals surface area contributed by atoms with Gasteiger partial charge in [-0.3, -0.25) is 4.79 Å². The number of aromatic hydroxyl groups is 1. The lowest BCUT2D eigenvalue weighted by Gasteiger charge is -2.36. The summed E-state index contributed by atoms with van der Waals surface area (Å²) in [5, 5.41) is 9.45. The van der Waals surface area contributed by atoms with Crippen LogP contribution < -0.4 is 0 Å². The van der Waals surface area contributed by atoms with E-state index in [1.54, 1.807) is 12.1 Å². The van der Waals surface area contributed by atoms with E-state index in [0.29, 0.717) is 18.3 Å². The Bertz CT molecular complexity index is 436. The van der Waals surface area contributed by atoms with Gasteiger partial charge in [-0.2, -0.15) is 0 Å². The number of benzene rings is 1. The molecule has 0 bridgehead atoms. The van der Waals surface area contributed by atoms with Crippen molar-refractivity contribution >= 4 is 5.78 Å². The van der Waals surface area contributed by atoms with Gasteiger partial charge in [-0.25, -0.2) is 0 Å². The summed E-state index contributed by atoms with van der Waals surface area (Å²) in [6.07, 6.45) is 5.62. The molecular formula is C14H16O2. The number of hydrogen-bond acceptors (Lipinski definition) is 2. The Balaban J connectivity index is 2.08. The van der Waals surface area contributed by atoms with E-state index in [2.05, 4.69) is 0 Å². The molecule has 2 aliphatic carbocycles. The zero-order valence-electron chi connectivity index (χ0n) is 9.28. The molecule has 2 atom stereocenters. The zero-order chi connectivity index (χ0) is 11.1. The lowest BCUT2D eigenvalue weighted by molar-refractivity contribution is 0.0919. The van der Waals surface area contributed by atoms with Crippen LogP contribution in [0.2, 0.25) is 0 Å². The first-order valence-corrected chi connectivity index (χ1v) is 6.12. The van der Waals surface area contributed by atoms with Crippen LogP contribution >= 0.6 is 0 Å². The third-order valence-electron chi connectivity index (χ3n) is 4.09. The molecule has 0 aromatic heterocycles. The minimum Gasteiger partial charge on any atom is -0.508 e.